The van der Waals surface area contributed by atoms with Crippen molar-refractivity contribution >= 4 is 27.3 Å². The molecule has 1 aliphatic rings. The van der Waals surface area contributed by atoms with Crippen molar-refractivity contribution in [3.63, 3.8) is 0 Å². The number of carbonyl (C=O) groups is 1. The summed E-state index contributed by atoms with van der Waals surface area (Å²) in [7, 11) is 0. The fourth-order valence-electron chi connectivity index (χ4n) is 3.13. The summed E-state index contributed by atoms with van der Waals surface area (Å²) in [4.78, 5) is 15.3. The van der Waals surface area contributed by atoms with Gasteiger partial charge in [-0.25, -0.2) is 4.39 Å². The van der Waals surface area contributed by atoms with E-state index in [0.717, 1.165) is 29.5 Å². The second-order valence-corrected chi connectivity index (χ2v) is 6.91. The third-order valence-electron chi connectivity index (χ3n) is 4.27. The quantitative estimate of drug-likeness (QED) is 0.719. The molecule has 0 N–H and O–H groups in total. The number of likely N-dealkylation sites (tertiary alicyclic amines) is 1. The highest BCUT2D eigenvalue weighted by molar-refractivity contribution is 7.20. The van der Waals surface area contributed by atoms with Crippen LogP contribution in [0.25, 0.3) is 10.1 Å². The van der Waals surface area contributed by atoms with Gasteiger partial charge in [0.25, 0.3) is 5.91 Å². The zero-order valence-electron chi connectivity index (χ0n) is 12.5. The molecule has 1 saturated heterocycles. The summed E-state index contributed by atoms with van der Waals surface area (Å²) in [6.45, 7) is 1.43. The van der Waals surface area contributed by atoms with Gasteiger partial charge in [0.1, 0.15) is 5.82 Å². The minimum Gasteiger partial charge on any atom is -0.336 e. The van der Waals surface area contributed by atoms with Crippen LogP contribution in [0.3, 0.4) is 0 Å². The summed E-state index contributed by atoms with van der Waals surface area (Å²) in [5.74, 6) is -0.241. The Balaban J connectivity index is 1.57. The van der Waals surface area contributed by atoms with Crippen molar-refractivity contribution in [2.24, 2.45) is 0 Å². The Bertz CT molecular complexity index is 843. The number of amides is 1. The first kappa shape index (κ1) is 14.4. The summed E-state index contributed by atoms with van der Waals surface area (Å²) in [6.07, 6.45) is 5.71. The Morgan fingerprint density at radius 3 is 3.09 bits per heavy atom. The standard InChI is InChI=1S/C17H16FN3OS/c18-13-4-5-15-12(9-13)10-16(23-15)17(22)20-7-1-3-14(11-20)21-8-2-6-19-21/h2,4-6,8-10,14H,1,3,7,11H2. The Morgan fingerprint density at radius 1 is 1.35 bits per heavy atom. The van der Waals surface area contributed by atoms with Crippen LogP contribution in [0.1, 0.15) is 28.6 Å². The van der Waals surface area contributed by atoms with Crippen molar-refractivity contribution in [3.05, 3.63) is 53.4 Å². The molecule has 4 rings (SSSR count). The van der Waals surface area contributed by atoms with Crippen molar-refractivity contribution in [2.75, 3.05) is 13.1 Å². The van der Waals surface area contributed by atoms with E-state index in [1.165, 1.54) is 23.5 Å². The third-order valence-corrected chi connectivity index (χ3v) is 5.38. The summed E-state index contributed by atoms with van der Waals surface area (Å²) >= 11 is 1.43. The number of fused-ring (bicyclic) bond motifs is 1. The van der Waals surface area contributed by atoms with Crippen LogP contribution in [0.5, 0.6) is 0 Å². The van der Waals surface area contributed by atoms with E-state index < -0.39 is 0 Å². The van der Waals surface area contributed by atoms with Crippen LogP contribution in [0.4, 0.5) is 4.39 Å². The molecule has 0 aliphatic carbocycles. The predicted molar refractivity (Wildman–Crippen MR) is 88.2 cm³/mol. The predicted octanol–water partition coefficient (Wildman–Crippen LogP) is 3.71. The number of hydrogen-bond acceptors (Lipinski definition) is 3. The highest BCUT2D eigenvalue weighted by Crippen LogP contribution is 2.29. The van der Waals surface area contributed by atoms with E-state index in [1.54, 1.807) is 18.3 Å². The van der Waals surface area contributed by atoms with Crippen molar-refractivity contribution in [1.29, 1.82) is 0 Å². The molecule has 1 aromatic carbocycles. The highest BCUT2D eigenvalue weighted by Gasteiger charge is 2.26. The molecule has 4 nitrogen and oxygen atoms in total. The van der Waals surface area contributed by atoms with Crippen molar-refractivity contribution < 1.29 is 9.18 Å². The summed E-state index contributed by atoms with van der Waals surface area (Å²) < 4.78 is 16.2. The second-order valence-electron chi connectivity index (χ2n) is 5.83. The lowest BCUT2D eigenvalue weighted by atomic mass is 10.1. The van der Waals surface area contributed by atoms with Gasteiger partial charge in [-0.05, 0) is 48.6 Å². The molecule has 1 aliphatic heterocycles. The molecular formula is C17H16FN3OS. The molecule has 0 bridgehead atoms. The number of halogens is 1. The smallest absolute Gasteiger partial charge is 0.264 e. The second kappa shape index (κ2) is 5.77. The van der Waals surface area contributed by atoms with Gasteiger partial charge in [-0.15, -0.1) is 11.3 Å². The van der Waals surface area contributed by atoms with E-state index in [0.29, 0.717) is 11.4 Å². The van der Waals surface area contributed by atoms with E-state index in [9.17, 15) is 9.18 Å². The lowest BCUT2D eigenvalue weighted by Crippen LogP contribution is -2.40. The highest BCUT2D eigenvalue weighted by atomic mass is 32.1. The van der Waals surface area contributed by atoms with E-state index in [1.807, 2.05) is 21.8 Å². The van der Waals surface area contributed by atoms with Crippen LogP contribution in [0, 0.1) is 5.82 Å². The van der Waals surface area contributed by atoms with Crippen LogP contribution < -0.4 is 0 Å². The molecule has 3 heterocycles. The summed E-state index contributed by atoms with van der Waals surface area (Å²) in [6, 6.07) is 8.57. The number of rotatable bonds is 2. The van der Waals surface area contributed by atoms with Gasteiger partial charge in [-0.1, -0.05) is 0 Å². The Hall–Kier alpha value is -2.21. The van der Waals surface area contributed by atoms with Gasteiger partial charge in [0, 0.05) is 30.2 Å². The molecule has 0 radical (unpaired) electrons. The number of aromatic nitrogens is 2. The molecule has 1 fully saturated rings. The Kier molecular flexibility index (Phi) is 3.61. The summed E-state index contributed by atoms with van der Waals surface area (Å²) in [5.41, 5.74) is 0. The SMILES string of the molecule is O=C(c1cc2cc(F)ccc2s1)N1CCCC(n2cccn2)C1. The van der Waals surface area contributed by atoms with Gasteiger partial charge in [0.05, 0.1) is 10.9 Å². The maximum Gasteiger partial charge on any atom is 0.264 e. The van der Waals surface area contributed by atoms with Crippen molar-refractivity contribution in [3.8, 4) is 0 Å². The molecule has 1 amide bonds. The molecular weight excluding hydrogens is 313 g/mol. The van der Waals surface area contributed by atoms with E-state index in [4.69, 9.17) is 0 Å². The Labute approximate surface area is 137 Å². The van der Waals surface area contributed by atoms with Crippen LogP contribution >= 0.6 is 11.3 Å². The number of nitrogens with zero attached hydrogens (tertiary/aromatic N) is 3. The maximum absolute atomic E-state index is 13.3. The fraction of sp³-hybridized carbons (Fsp3) is 0.294. The van der Waals surface area contributed by atoms with Gasteiger partial charge in [0.15, 0.2) is 0 Å². The molecule has 2 aromatic heterocycles. The van der Waals surface area contributed by atoms with Crippen LogP contribution in [-0.4, -0.2) is 33.7 Å². The largest absolute Gasteiger partial charge is 0.336 e. The number of thiophene rings is 1. The molecule has 3 aromatic rings. The van der Waals surface area contributed by atoms with E-state index in [2.05, 4.69) is 5.10 Å². The first-order valence-corrected chi connectivity index (χ1v) is 8.50. The number of piperidine rings is 1. The van der Waals surface area contributed by atoms with Gasteiger partial charge in [-0.2, -0.15) is 5.10 Å². The number of benzene rings is 1. The van der Waals surface area contributed by atoms with E-state index >= 15 is 0 Å². The Morgan fingerprint density at radius 2 is 2.26 bits per heavy atom. The average molecular weight is 329 g/mol. The molecule has 1 atom stereocenters. The molecule has 0 saturated carbocycles. The van der Waals surface area contributed by atoms with Gasteiger partial charge >= 0.3 is 0 Å². The van der Waals surface area contributed by atoms with Crippen molar-refractivity contribution in [1.82, 2.24) is 14.7 Å². The number of carbonyl (C=O) groups excluding carboxylic acids is 1. The number of hydrogen-bond donors (Lipinski definition) is 0. The van der Waals surface area contributed by atoms with Gasteiger partial charge in [-0.3, -0.25) is 9.48 Å². The van der Waals surface area contributed by atoms with Crippen LogP contribution in [0.2, 0.25) is 0 Å². The molecule has 0 spiro atoms. The zero-order valence-corrected chi connectivity index (χ0v) is 13.3. The third kappa shape index (κ3) is 2.74. The lowest BCUT2D eigenvalue weighted by Gasteiger charge is -2.32. The van der Waals surface area contributed by atoms with Crippen molar-refractivity contribution in [2.45, 2.75) is 18.9 Å². The first-order chi connectivity index (χ1) is 11.2. The average Bonchev–Trinajstić information content (AvgIpc) is 3.23. The minimum absolute atomic E-state index is 0.0310. The molecule has 6 heteroatoms. The maximum atomic E-state index is 13.3. The molecule has 118 valence electrons. The summed E-state index contributed by atoms with van der Waals surface area (Å²) in [5, 5.41) is 5.08. The first-order valence-electron chi connectivity index (χ1n) is 7.68. The lowest BCUT2D eigenvalue weighted by molar-refractivity contribution is 0.0678. The topological polar surface area (TPSA) is 38.1 Å². The fourth-order valence-corrected chi connectivity index (χ4v) is 4.14. The zero-order chi connectivity index (χ0) is 15.8. The molecule has 1 unspecified atom stereocenters. The normalized spacial score (nSPS) is 18.5. The molecule has 23 heavy (non-hydrogen) atoms. The van der Waals surface area contributed by atoms with E-state index in [-0.39, 0.29) is 17.8 Å². The van der Waals surface area contributed by atoms with Gasteiger partial charge in [0.2, 0.25) is 0 Å². The monoisotopic (exact) mass is 329 g/mol. The minimum atomic E-state index is -0.272. The van der Waals surface area contributed by atoms with Crippen LogP contribution in [-0.2, 0) is 0 Å². The van der Waals surface area contributed by atoms with Gasteiger partial charge < -0.3 is 4.90 Å². The van der Waals surface area contributed by atoms with Crippen LogP contribution in [0.15, 0.2) is 42.7 Å².